The number of hydrogen-bond donors (Lipinski definition) is 6. The summed E-state index contributed by atoms with van der Waals surface area (Å²) in [7, 11) is 0. The number of esters is 1. The molecule has 0 spiro atoms. The molecular formula is C24H38N6O6. The van der Waals surface area contributed by atoms with Crippen molar-refractivity contribution in [2.75, 3.05) is 31.5 Å². The number of carbonyl (C=O) groups is 5. The third kappa shape index (κ3) is 11.3. The number of anilines is 1. The Kier molecular flexibility index (Phi) is 13.1. The van der Waals surface area contributed by atoms with E-state index < -0.39 is 29.7 Å². The van der Waals surface area contributed by atoms with E-state index in [1.54, 1.807) is 26.0 Å². The SMILES string of the molecule is CC(=O)OCc1ccc(NC(=O)CNC(=O)C(NC(=O)CNC(C)C)C(C)C)cc1C(=O)NCCN. The maximum Gasteiger partial charge on any atom is 0.302 e. The lowest BCUT2D eigenvalue weighted by atomic mass is 10.0. The molecule has 0 radical (unpaired) electrons. The number of hydrogen-bond acceptors (Lipinski definition) is 8. The number of amides is 4. The van der Waals surface area contributed by atoms with E-state index in [0.717, 1.165) is 0 Å². The van der Waals surface area contributed by atoms with Crippen molar-refractivity contribution in [3.63, 3.8) is 0 Å². The van der Waals surface area contributed by atoms with Crippen LogP contribution in [-0.4, -0.2) is 67.9 Å². The average molecular weight is 507 g/mol. The number of ether oxygens (including phenoxy) is 1. The summed E-state index contributed by atoms with van der Waals surface area (Å²) in [6.45, 7) is 8.75. The van der Waals surface area contributed by atoms with E-state index in [9.17, 15) is 24.0 Å². The van der Waals surface area contributed by atoms with Crippen molar-refractivity contribution in [1.82, 2.24) is 21.3 Å². The van der Waals surface area contributed by atoms with Gasteiger partial charge in [0, 0.05) is 42.9 Å². The van der Waals surface area contributed by atoms with Gasteiger partial charge in [-0.05, 0) is 18.1 Å². The fourth-order valence-electron chi connectivity index (χ4n) is 2.99. The molecule has 200 valence electrons. The predicted octanol–water partition coefficient (Wildman–Crippen LogP) is -0.368. The zero-order valence-electron chi connectivity index (χ0n) is 21.5. The molecule has 4 amide bonds. The van der Waals surface area contributed by atoms with Crippen LogP contribution in [0.3, 0.4) is 0 Å². The van der Waals surface area contributed by atoms with Gasteiger partial charge in [0.1, 0.15) is 12.6 Å². The van der Waals surface area contributed by atoms with Crippen molar-refractivity contribution >= 4 is 35.3 Å². The Balaban J connectivity index is 2.80. The van der Waals surface area contributed by atoms with Gasteiger partial charge in [-0.1, -0.05) is 33.8 Å². The molecule has 0 aliphatic rings. The Hall–Kier alpha value is -3.51. The lowest BCUT2D eigenvalue weighted by Gasteiger charge is -2.22. The van der Waals surface area contributed by atoms with Crippen LogP contribution in [-0.2, 0) is 30.5 Å². The monoisotopic (exact) mass is 506 g/mol. The van der Waals surface area contributed by atoms with E-state index in [-0.39, 0.29) is 56.2 Å². The fraction of sp³-hybridized carbons (Fsp3) is 0.542. The van der Waals surface area contributed by atoms with Crippen molar-refractivity contribution < 1.29 is 28.7 Å². The summed E-state index contributed by atoms with van der Waals surface area (Å²) in [5, 5.41) is 13.4. The van der Waals surface area contributed by atoms with Gasteiger partial charge in [0.05, 0.1) is 13.1 Å². The molecule has 0 aliphatic carbocycles. The molecule has 7 N–H and O–H groups in total. The van der Waals surface area contributed by atoms with E-state index in [4.69, 9.17) is 10.5 Å². The molecule has 0 saturated carbocycles. The summed E-state index contributed by atoms with van der Waals surface area (Å²) in [5.41, 5.74) is 6.41. The predicted molar refractivity (Wildman–Crippen MR) is 135 cm³/mol. The van der Waals surface area contributed by atoms with Gasteiger partial charge in [0.25, 0.3) is 5.91 Å². The van der Waals surface area contributed by atoms with Crippen LogP contribution in [0.4, 0.5) is 5.69 Å². The minimum Gasteiger partial charge on any atom is -0.461 e. The third-order valence-corrected chi connectivity index (χ3v) is 4.86. The number of carbonyl (C=O) groups excluding carboxylic acids is 5. The number of benzene rings is 1. The Morgan fingerprint density at radius 3 is 2.25 bits per heavy atom. The van der Waals surface area contributed by atoms with Crippen molar-refractivity contribution in [1.29, 1.82) is 0 Å². The lowest BCUT2D eigenvalue weighted by Crippen LogP contribution is -2.52. The highest BCUT2D eigenvalue weighted by atomic mass is 16.5. The van der Waals surface area contributed by atoms with Crippen molar-refractivity contribution in [3.8, 4) is 0 Å². The minimum atomic E-state index is -0.808. The van der Waals surface area contributed by atoms with Gasteiger partial charge in [-0.3, -0.25) is 24.0 Å². The Morgan fingerprint density at radius 1 is 0.972 bits per heavy atom. The van der Waals surface area contributed by atoms with Crippen molar-refractivity contribution in [2.45, 2.75) is 53.3 Å². The molecule has 0 bridgehead atoms. The zero-order valence-corrected chi connectivity index (χ0v) is 21.5. The maximum absolute atomic E-state index is 12.6. The van der Waals surface area contributed by atoms with Gasteiger partial charge >= 0.3 is 5.97 Å². The molecular weight excluding hydrogens is 468 g/mol. The highest BCUT2D eigenvalue weighted by Crippen LogP contribution is 2.17. The van der Waals surface area contributed by atoms with Crippen LogP contribution >= 0.6 is 0 Å². The molecule has 1 unspecified atom stereocenters. The molecule has 1 aromatic carbocycles. The van der Waals surface area contributed by atoms with Crippen LogP contribution in [0.1, 0.15) is 50.5 Å². The smallest absolute Gasteiger partial charge is 0.302 e. The molecule has 1 aromatic rings. The lowest BCUT2D eigenvalue weighted by molar-refractivity contribution is -0.142. The molecule has 12 heteroatoms. The summed E-state index contributed by atoms with van der Waals surface area (Å²) in [5.74, 6) is -2.47. The van der Waals surface area contributed by atoms with Crippen molar-refractivity contribution in [2.24, 2.45) is 11.7 Å². The topological polar surface area (TPSA) is 181 Å². The third-order valence-electron chi connectivity index (χ3n) is 4.86. The second-order valence-electron chi connectivity index (χ2n) is 8.79. The van der Waals surface area contributed by atoms with Crippen LogP contribution in [0.5, 0.6) is 0 Å². The molecule has 0 saturated heterocycles. The molecule has 0 aromatic heterocycles. The first-order chi connectivity index (χ1) is 16.9. The van der Waals surface area contributed by atoms with Gasteiger partial charge in [-0.2, -0.15) is 0 Å². The maximum atomic E-state index is 12.6. The van der Waals surface area contributed by atoms with E-state index in [0.29, 0.717) is 11.3 Å². The first-order valence-electron chi connectivity index (χ1n) is 11.8. The summed E-state index contributed by atoms with van der Waals surface area (Å²) >= 11 is 0. The second-order valence-corrected chi connectivity index (χ2v) is 8.79. The summed E-state index contributed by atoms with van der Waals surface area (Å²) in [6.07, 6.45) is 0. The highest BCUT2D eigenvalue weighted by Gasteiger charge is 2.24. The van der Waals surface area contributed by atoms with E-state index >= 15 is 0 Å². The fourth-order valence-corrected chi connectivity index (χ4v) is 2.99. The Labute approximate surface area is 211 Å². The van der Waals surface area contributed by atoms with Gasteiger partial charge in [0.15, 0.2) is 0 Å². The summed E-state index contributed by atoms with van der Waals surface area (Å²) < 4.78 is 4.99. The Bertz CT molecular complexity index is 934. The summed E-state index contributed by atoms with van der Waals surface area (Å²) in [4.78, 5) is 60.8. The molecule has 36 heavy (non-hydrogen) atoms. The van der Waals surface area contributed by atoms with Crippen LogP contribution in [0.15, 0.2) is 18.2 Å². The number of nitrogens with two attached hydrogens (primary N) is 1. The zero-order chi connectivity index (χ0) is 27.3. The van der Waals surface area contributed by atoms with Crippen LogP contribution in [0.2, 0.25) is 0 Å². The van der Waals surface area contributed by atoms with E-state index in [1.807, 2.05) is 13.8 Å². The van der Waals surface area contributed by atoms with Gasteiger partial charge in [0.2, 0.25) is 17.7 Å². The quantitative estimate of drug-likeness (QED) is 0.185. The average Bonchev–Trinajstić information content (AvgIpc) is 2.81. The molecule has 0 fully saturated rings. The summed E-state index contributed by atoms with van der Waals surface area (Å²) in [6, 6.07) is 3.87. The molecule has 0 heterocycles. The van der Waals surface area contributed by atoms with Crippen LogP contribution in [0, 0.1) is 5.92 Å². The Morgan fingerprint density at radius 2 is 1.67 bits per heavy atom. The van der Waals surface area contributed by atoms with Crippen molar-refractivity contribution in [3.05, 3.63) is 29.3 Å². The van der Waals surface area contributed by atoms with Crippen LogP contribution < -0.4 is 32.3 Å². The first kappa shape index (κ1) is 30.5. The molecule has 1 rings (SSSR count). The van der Waals surface area contributed by atoms with Gasteiger partial charge in [-0.15, -0.1) is 0 Å². The number of nitrogens with one attached hydrogen (secondary N) is 5. The van der Waals surface area contributed by atoms with Gasteiger partial charge in [-0.25, -0.2) is 0 Å². The second kappa shape index (κ2) is 15.5. The molecule has 0 aliphatic heterocycles. The minimum absolute atomic E-state index is 0.0727. The van der Waals surface area contributed by atoms with E-state index in [2.05, 4.69) is 26.6 Å². The van der Waals surface area contributed by atoms with Gasteiger partial charge < -0.3 is 37.1 Å². The highest BCUT2D eigenvalue weighted by molar-refractivity contribution is 5.99. The molecule has 1 atom stereocenters. The first-order valence-corrected chi connectivity index (χ1v) is 11.8. The normalized spacial score (nSPS) is 11.6. The molecule has 12 nitrogen and oxygen atoms in total. The number of rotatable bonds is 14. The van der Waals surface area contributed by atoms with E-state index in [1.165, 1.54) is 13.0 Å². The van der Waals surface area contributed by atoms with Crippen LogP contribution in [0.25, 0.3) is 0 Å². The largest absolute Gasteiger partial charge is 0.461 e. The standard InChI is InChI=1S/C24H38N6O6/c1-14(2)22(30-21(33)11-27-15(3)4)24(35)28-12-20(32)29-18-7-6-17(13-36-16(5)31)19(10-18)23(34)26-9-8-25/h6-7,10,14-15,22,27H,8-9,11-13,25H2,1-5H3,(H,26,34)(H,28,35)(H,29,32)(H,30,33).